The molecule has 0 heterocycles. The molecule has 0 saturated heterocycles. The Morgan fingerprint density at radius 2 is 1.85 bits per heavy atom. The molecular weight excluding hydrogens is 256 g/mol. The minimum Gasteiger partial charge on any atom is -0.397 e. The Labute approximate surface area is 119 Å². The van der Waals surface area contributed by atoms with Crippen molar-refractivity contribution in [3.63, 3.8) is 0 Å². The summed E-state index contributed by atoms with van der Waals surface area (Å²) in [7, 11) is 0. The van der Waals surface area contributed by atoms with Crippen molar-refractivity contribution in [2.45, 2.75) is 26.8 Å². The summed E-state index contributed by atoms with van der Waals surface area (Å²) >= 11 is 0. The number of benzene rings is 1. The number of nitrogens with one attached hydrogen (secondary N) is 3. The lowest BCUT2D eigenvalue weighted by Gasteiger charge is -2.16. The number of nitrogens with two attached hydrogens (primary N) is 1. The Bertz CT molecular complexity index is 488. The van der Waals surface area contributed by atoms with Crippen LogP contribution in [0.2, 0.25) is 0 Å². The Kier molecular flexibility index (Phi) is 5.83. The Balaban J connectivity index is 2.78. The number of rotatable bonds is 6. The van der Waals surface area contributed by atoms with Gasteiger partial charge in [0, 0.05) is 18.7 Å². The van der Waals surface area contributed by atoms with Crippen molar-refractivity contribution < 1.29 is 9.59 Å². The van der Waals surface area contributed by atoms with E-state index in [9.17, 15) is 9.59 Å². The van der Waals surface area contributed by atoms with Crippen molar-refractivity contribution in [1.29, 1.82) is 0 Å². The van der Waals surface area contributed by atoms with E-state index in [1.807, 2.05) is 13.8 Å². The molecule has 0 aromatic heterocycles. The lowest BCUT2D eigenvalue weighted by atomic mass is 10.1. The summed E-state index contributed by atoms with van der Waals surface area (Å²) in [5.41, 5.74) is 7.48. The van der Waals surface area contributed by atoms with Crippen LogP contribution in [-0.4, -0.2) is 30.9 Å². The third kappa shape index (κ3) is 4.15. The topological polar surface area (TPSA) is 96.2 Å². The average Bonchev–Trinajstić information content (AvgIpc) is 2.41. The fourth-order valence-corrected chi connectivity index (χ4v) is 1.72. The van der Waals surface area contributed by atoms with Gasteiger partial charge < -0.3 is 21.7 Å². The van der Waals surface area contributed by atoms with Crippen LogP contribution in [0.1, 0.15) is 31.1 Å². The number of carbonyl (C=O) groups is 2. The first-order valence-electron chi connectivity index (χ1n) is 6.71. The first kappa shape index (κ1) is 15.8. The van der Waals surface area contributed by atoms with E-state index in [4.69, 9.17) is 5.73 Å². The summed E-state index contributed by atoms with van der Waals surface area (Å²) < 4.78 is 0. The SMILES string of the molecule is CCNC(=O)c1ccc(NC(C)C(=O)NCC)c(N)c1. The van der Waals surface area contributed by atoms with Gasteiger partial charge in [0.05, 0.1) is 11.4 Å². The number of hydrogen-bond donors (Lipinski definition) is 4. The minimum atomic E-state index is -0.396. The third-order valence-corrected chi connectivity index (χ3v) is 2.77. The molecule has 1 aromatic rings. The van der Waals surface area contributed by atoms with Crippen molar-refractivity contribution in [2.75, 3.05) is 24.1 Å². The molecule has 0 fully saturated rings. The number of hydrogen-bond acceptors (Lipinski definition) is 4. The van der Waals surface area contributed by atoms with Gasteiger partial charge in [-0.05, 0) is 39.0 Å². The van der Waals surface area contributed by atoms with E-state index in [1.54, 1.807) is 25.1 Å². The normalized spacial score (nSPS) is 11.6. The van der Waals surface area contributed by atoms with Gasteiger partial charge in [0.25, 0.3) is 5.91 Å². The van der Waals surface area contributed by atoms with Crippen molar-refractivity contribution >= 4 is 23.2 Å². The monoisotopic (exact) mass is 278 g/mol. The number of amides is 2. The highest BCUT2D eigenvalue weighted by Crippen LogP contribution is 2.20. The maximum atomic E-state index is 11.7. The molecule has 0 saturated carbocycles. The molecule has 6 heteroatoms. The van der Waals surface area contributed by atoms with Crippen molar-refractivity contribution in [2.24, 2.45) is 0 Å². The summed E-state index contributed by atoms with van der Waals surface area (Å²) in [5.74, 6) is -0.262. The number of likely N-dealkylation sites (N-methyl/N-ethyl adjacent to an activating group) is 1. The quantitative estimate of drug-likeness (QED) is 0.583. The zero-order chi connectivity index (χ0) is 15.1. The first-order chi connectivity index (χ1) is 9.49. The fraction of sp³-hybridized carbons (Fsp3) is 0.429. The van der Waals surface area contributed by atoms with E-state index in [1.165, 1.54) is 0 Å². The first-order valence-corrected chi connectivity index (χ1v) is 6.71. The molecule has 6 nitrogen and oxygen atoms in total. The largest absolute Gasteiger partial charge is 0.397 e. The van der Waals surface area contributed by atoms with Gasteiger partial charge >= 0.3 is 0 Å². The standard InChI is InChI=1S/C14H22N4O2/c1-4-16-13(19)9(3)18-12-7-6-10(8-11(12)15)14(20)17-5-2/h6-9,18H,4-5,15H2,1-3H3,(H,16,19)(H,17,20). The zero-order valence-electron chi connectivity index (χ0n) is 12.1. The van der Waals surface area contributed by atoms with Gasteiger partial charge in [-0.25, -0.2) is 0 Å². The van der Waals surface area contributed by atoms with Gasteiger partial charge in [0.2, 0.25) is 5.91 Å². The Morgan fingerprint density at radius 1 is 1.20 bits per heavy atom. The molecule has 1 aromatic carbocycles. The second-order valence-corrected chi connectivity index (χ2v) is 4.42. The van der Waals surface area contributed by atoms with Crippen LogP contribution >= 0.6 is 0 Å². The molecule has 2 amide bonds. The summed E-state index contributed by atoms with van der Waals surface area (Å²) in [6.45, 7) is 6.61. The second kappa shape index (κ2) is 7.37. The van der Waals surface area contributed by atoms with Crippen LogP contribution in [0.3, 0.4) is 0 Å². The molecule has 0 radical (unpaired) electrons. The highest BCUT2D eigenvalue weighted by Gasteiger charge is 2.13. The van der Waals surface area contributed by atoms with Gasteiger partial charge in [-0.15, -0.1) is 0 Å². The molecule has 1 unspecified atom stereocenters. The molecule has 0 aliphatic rings. The molecule has 20 heavy (non-hydrogen) atoms. The highest BCUT2D eigenvalue weighted by atomic mass is 16.2. The van der Waals surface area contributed by atoms with E-state index < -0.39 is 6.04 Å². The Hall–Kier alpha value is -2.24. The molecule has 5 N–H and O–H groups in total. The molecule has 1 rings (SSSR count). The van der Waals surface area contributed by atoms with Crippen LogP contribution in [-0.2, 0) is 4.79 Å². The predicted octanol–water partition coefficient (Wildman–Crippen LogP) is 0.955. The van der Waals surface area contributed by atoms with E-state index in [2.05, 4.69) is 16.0 Å². The van der Waals surface area contributed by atoms with Crippen molar-refractivity contribution in [1.82, 2.24) is 10.6 Å². The van der Waals surface area contributed by atoms with E-state index >= 15 is 0 Å². The summed E-state index contributed by atoms with van der Waals surface area (Å²) in [4.78, 5) is 23.3. The average molecular weight is 278 g/mol. The van der Waals surface area contributed by atoms with Crippen LogP contribution in [0, 0.1) is 0 Å². The van der Waals surface area contributed by atoms with E-state index in [0.29, 0.717) is 30.0 Å². The van der Waals surface area contributed by atoms with Crippen molar-refractivity contribution in [3.8, 4) is 0 Å². The molecular formula is C14H22N4O2. The maximum Gasteiger partial charge on any atom is 0.251 e. The lowest BCUT2D eigenvalue weighted by Crippen LogP contribution is -2.37. The van der Waals surface area contributed by atoms with Crippen molar-refractivity contribution in [3.05, 3.63) is 23.8 Å². The summed E-state index contributed by atoms with van der Waals surface area (Å²) in [6.07, 6.45) is 0. The molecule has 0 aliphatic carbocycles. The van der Waals surface area contributed by atoms with E-state index in [0.717, 1.165) is 0 Å². The molecule has 0 spiro atoms. The summed E-state index contributed by atoms with van der Waals surface area (Å²) in [5, 5.41) is 8.45. The van der Waals surface area contributed by atoms with Gasteiger partial charge in [-0.1, -0.05) is 0 Å². The molecule has 110 valence electrons. The highest BCUT2D eigenvalue weighted by molar-refractivity contribution is 5.96. The van der Waals surface area contributed by atoms with Gasteiger partial charge in [-0.3, -0.25) is 9.59 Å². The maximum absolute atomic E-state index is 11.7. The fourth-order valence-electron chi connectivity index (χ4n) is 1.72. The van der Waals surface area contributed by atoms with Gasteiger partial charge in [0.1, 0.15) is 6.04 Å². The Morgan fingerprint density at radius 3 is 2.40 bits per heavy atom. The molecule has 0 aliphatic heterocycles. The van der Waals surface area contributed by atoms with Crippen LogP contribution in [0.15, 0.2) is 18.2 Å². The van der Waals surface area contributed by atoms with Gasteiger partial charge in [-0.2, -0.15) is 0 Å². The molecule has 1 atom stereocenters. The van der Waals surface area contributed by atoms with Crippen LogP contribution in [0.4, 0.5) is 11.4 Å². The zero-order valence-corrected chi connectivity index (χ0v) is 12.1. The number of nitrogen functional groups attached to an aromatic ring is 1. The minimum absolute atomic E-state index is 0.0975. The third-order valence-electron chi connectivity index (χ3n) is 2.77. The predicted molar refractivity (Wildman–Crippen MR) is 80.6 cm³/mol. The van der Waals surface area contributed by atoms with Crippen LogP contribution in [0.25, 0.3) is 0 Å². The molecule has 0 bridgehead atoms. The number of anilines is 2. The number of carbonyl (C=O) groups excluding carboxylic acids is 2. The van der Waals surface area contributed by atoms with Gasteiger partial charge in [0.15, 0.2) is 0 Å². The smallest absolute Gasteiger partial charge is 0.251 e. The van der Waals surface area contributed by atoms with Crippen LogP contribution < -0.4 is 21.7 Å². The summed E-state index contributed by atoms with van der Waals surface area (Å²) in [6, 6.07) is 4.58. The second-order valence-electron chi connectivity index (χ2n) is 4.42. The lowest BCUT2D eigenvalue weighted by molar-refractivity contribution is -0.121. The van der Waals surface area contributed by atoms with Crippen LogP contribution in [0.5, 0.6) is 0 Å². The van der Waals surface area contributed by atoms with E-state index in [-0.39, 0.29) is 11.8 Å².